The molecular formula is C15H24N2. The minimum absolute atomic E-state index is 0.585. The molecule has 1 heterocycles. The van der Waals surface area contributed by atoms with Crippen molar-refractivity contribution in [3.05, 3.63) is 35.4 Å². The van der Waals surface area contributed by atoms with Crippen molar-refractivity contribution in [1.82, 2.24) is 5.32 Å². The molecular weight excluding hydrogens is 208 g/mol. The molecule has 1 unspecified atom stereocenters. The van der Waals surface area contributed by atoms with E-state index in [1.165, 1.54) is 24.0 Å². The molecule has 94 valence electrons. The summed E-state index contributed by atoms with van der Waals surface area (Å²) in [5.74, 6) is 1.34. The van der Waals surface area contributed by atoms with E-state index in [0.29, 0.717) is 5.92 Å². The second-order valence-electron chi connectivity index (χ2n) is 5.17. The minimum Gasteiger partial charge on any atom is -0.330 e. The maximum Gasteiger partial charge on any atom is -0.00431 e. The van der Waals surface area contributed by atoms with Gasteiger partial charge in [-0.25, -0.2) is 0 Å². The van der Waals surface area contributed by atoms with Crippen LogP contribution in [0.5, 0.6) is 0 Å². The second-order valence-corrected chi connectivity index (χ2v) is 5.17. The Kier molecular flexibility index (Phi) is 4.57. The Morgan fingerprint density at radius 3 is 2.82 bits per heavy atom. The summed E-state index contributed by atoms with van der Waals surface area (Å²) in [6.07, 6.45) is 3.62. The Labute approximate surface area is 105 Å². The van der Waals surface area contributed by atoms with Crippen molar-refractivity contribution in [3.8, 4) is 0 Å². The standard InChI is InChI=1S/C15H24N2/c1-12(5-8-16)14-3-2-4-15(11-14)13-6-9-17-10-7-13/h2-4,11-13,17H,5-10,16H2,1H3. The van der Waals surface area contributed by atoms with Crippen LogP contribution in [0, 0.1) is 0 Å². The largest absolute Gasteiger partial charge is 0.330 e. The van der Waals surface area contributed by atoms with E-state index in [2.05, 4.69) is 36.5 Å². The molecule has 17 heavy (non-hydrogen) atoms. The first-order chi connectivity index (χ1) is 8.31. The second kappa shape index (κ2) is 6.18. The van der Waals surface area contributed by atoms with Gasteiger partial charge in [0.05, 0.1) is 0 Å². The SMILES string of the molecule is CC(CCN)c1cccc(C2CCNCC2)c1. The van der Waals surface area contributed by atoms with Crippen LogP contribution in [-0.4, -0.2) is 19.6 Å². The van der Waals surface area contributed by atoms with Gasteiger partial charge in [0.25, 0.3) is 0 Å². The van der Waals surface area contributed by atoms with Crippen LogP contribution in [0.4, 0.5) is 0 Å². The van der Waals surface area contributed by atoms with Gasteiger partial charge >= 0.3 is 0 Å². The maximum atomic E-state index is 5.64. The molecule has 2 nitrogen and oxygen atoms in total. The van der Waals surface area contributed by atoms with Gasteiger partial charge in [0, 0.05) is 0 Å². The zero-order valence-corrected chi connectivity index (χ0v) is 10.8. The Bertz CT molecular complexity index is 343. The van der Waals surface area contributed by atoms with Crippen LogP contribution in [0.2, 0.25) is 0 Å². The first-order valence-electron chi connectivity index (χ1n) is 6.82. The first kappa shape index (κ1) is 12.6. The topological polar surface area (TPSA) is 38.0 Å². The monoisotopic (exact) mass is 232 g/mol. The summed E-state index contributed by atoms with van der Waals surface area (Å²) in [4.78, 5) is 0. The maximum absolute atomic E-state index is 5.64. The van der Waals surface area contributed by atoms with Crippen molar-refractivity contribution in [2.45, 2.75) is 38.0 Å². The molecule has 1 fully saturated rings. The number of benzene rings is 1. The quantitative estimate of drug-likeness (QED) is 0.837. The lowest BCUT2D eigenvalue weighted by Gasteiger charge is -2.24. The summed E-state index contributed by atoms with van der Waals surface area (Å²) in [5, 5.41) is 3.43. The summed E-state index contributed by atoms with van der Waals surface area (Å²) >= 11 is 0. The average Bonchev–Trinajstić information content (AvgIpc) is 2.40. The Hall–Kier alpha value is -0.860. The fraction of sp³-hybridized carbons (Fsp3) is 0.600. The van der Waals surface area contributed by atoms with Gasteiger partial charge in [-0.05, 0) is 61.9 Å². The van der Waals surface area contributed by atoms with Gasteiger partial charge in [0.2, 0.25) is 0 Å². The molecule has 0 spiro atoms. The van der Waals surface area contributed by atoms with E-state index in [-0.39, 0.29) is 0 Å². The fourth-order valence-electron chi connectivity index (χ4n) is 2.69. The molecule has 3 N–H and O–H groups in total. The summed E-state index contributed by atoms with van der Waals surface area (Å²) < 4.78 is 0. The van der Waals surface area contributed by atoms with E-state index in [1.54, 1.807) is 0 Å². The Morgan fingerprint density at radius 1 is 1.35 bits per heavy atom. The van der Waals surface area contributed by atoms with E-state index >= 15 is 0 Å². The Morgan fingerprint density at radius 2 is 2.12 bits per heavy atom. The van der Waals surface area contributed by atoms with Gasteiger partial charge < -0.3 is 11.1 Å². The fourth-order valence-corrected chi connectivity index (χ4v) is 2.69. The van der Waals surface area contributed by atoms with E-state index in [0.717, 1.165) is 32.0 Å². The lowest BCUT2D eigenvalue weighted by Crippen LogP contribution is -2.26. The molecule has 0 bridgehead atoms. The summed E-state index contributed by atoms with van der Waals surface area (Å²) in [5.41, 5.74) is 8.61. The third kappa shape index (κ3) is 3.30. The third-order valence-corrected chi connectivity index (χ3v) is 3.89. The highest BCUT2D eigenvalue weighted by Gasteiger charge is 2.16. The molecule has 1 aromatic carbocycles. The molecule has 1 aliphatic rings. The molecule has 0 saturated carbocycles. The molecule has 2 rings (SSSR count). The summed E-state index contributed by atoms with van der Waals surface area (Å²) in [7, 11) is 0. The summed E-state index contributed by atoms with van der Waals surface area (Å²) in [6.45, 7) is 5.37. The number of nitrogens with two attached hydrogens (primary N) is 1. The van der Waals surface area contributed by atoms with Crippen LogP contribution < -0.4 is 11.1 Å². The first-order valence-corrected chi connectivity index (χ1v) is 6.82. The zero-order valence-electron chi connectivity index (χ0n) is 10.8. The molecule has 1 saturated heterocycles. The van der Waals surface area contributed by atoms with Crippen molar-refractivity contribution in [2.24, 2.45) is 5.73 Å². The van der Waals surface area contributed by atoms with E-state index in [4.69, 9.17) is 5.73 Å². The summed E-state index contributed by atoms with van der Waals surface area (Å²) in [6, 6.07) is 9.13. The van der Waals surface area contributed by atoms with Crippen molar-refractivity contribution in [1.29, 1.82) is 0 Å². The van der Waals surface area contributed by atoms with Gasteiger partial charge in [-0.15, -0.1) is 0 Å². The molecule has 1 atom stereocenters. The van der Waals surface area contributed by atoms with E-state index in [9.17, 15) is 0 Å². The number of piperidine rings is 1. The van der Waals surface area contributed by atoms with Crippen molar-refractivity contribution >= 4 is 0 Å². The van der Waals surface area contributed by atoms with Crippen LogP contribution in [-0.2, 0) is 0 Å². The molecule has 0 amide bonds. The highest BCUT2D eigenvalue weighted by molar-refractivity contribution is 5.29. The van der Waals surface area contributed by atoms with Gasteiger partial charge in [0.1, 0.15) is 0 Å². The minimum atomic E-state index is 0.585. The third-order valence-electron chi connectivity index (χ3n) is 3.89. The predicted octanol–water partition coefficient (Wildman–Crippen LogP) is 2.61. The van der Waals surface area contributed by atoms with Crippen LogP contribution in [0.3, 0.4) is 0 Å². The molecule has 0 aromatic heterocycles. The van der Waals surface area contributed by atoms with Gasteiger partial charge in [-0.3, -0.25) is 0 Å². The van der Waals surface area contributed by atoms with Crippen molar-refractivity contribution < 1.29 is 0 Å². The van der Waals surface area contributed by atoms with Gasteiger partial charge in [-0.1, -0.05) is 31.2 Å². The number of hydrogen-bond acceptors (Lipinski definition) is 2. The Balaban J connectivity index is 2.09. The van der Waals surface area contributed by atoms with Gasteiger partial charge in [-0.2, -0.15) is 0 Å². The lowest BCUT2D eigenvalue weighted by molar-refractivity contribution is 0.460. The van der Waals surface area contributed by atoms with Gasteiger partial charge in [0.15, 0.2) is 0 Å². The predicted molar refractivity (Wildman–Crippen MR) is 73.4 cm³/mol. The molecule has 0 radical (unpaired) electrons. The van der Waals surface area contributed by atoms with Crippen molar-refractivity contribution in [3.63, 3.8) is 0 Å². The van der Waals surface area contributed by atoms with Crippen molar-refractivity contribution in [2.75, 3.05) is 19.6 Å². The van der Waals surface area contributed by atoms with E-state index < -0.39 is 0 Å². The lowest BCUT2D eigenvalue weighted by atomic mass is 9.87. The van der Waals surface area contributed by atoms with Crippen LogP contribution in [0.15, 0.2) is 24.3 Å². The number of rotatable bonds is 4. The zero-order chi connectivity index (χ0) is 12.1. The molecule has 1 aliphatic heterocycles. The highest BCUT2D eigenvalue weighted by atomic mass is 14.9. The smallest absolute Gasteiger partial charge is 0.00431 e. The van der Waals surface area contributed by atoms with Crippen LogP contribution in [0.25, 0.3) is 0 Å². The molecule has 1 aromatic rings. The molecule has 0 aliphatic carbocycles. The number of hydrogen-bond donors (Lipinski definition) is 2. The number of nitrogens with one attached hydrogen (secondary N) is 1. The normalized spacial score (nSPS) is 19.2. The van der Waals surface area contributed by atoms with Crippen LogP contribution in [0.1, 0.15) is 49.1 Å². The highest BCUT2D eigenvalue weighted by Crippen LogP contribution is 2.28. The van der Waals surface area contributed by atoms with E-state index in [1.807, 2.05) is 0 Å². The molecule has 2 heteroatoms. The average molecular weight is 232 g/mol. The van der Waals surface area contributed by atoms with Crippen LogP contribution >= 0.6 is 0 Å².